The summed E-state index contributed by atoms with van der Waals surface area (Å²) in [7, 11) is 0. The van der Waals surface area contributed by atoms with Crippen molar-refractivity contribution < 1.29 is 9.35 Å². The van der Waals surface area contributed by atoms with E-state index in [2.05, 4.69) is 25.4 Å². The fourth-order valence-corrected chi connectivity index (χ4v) is 4.68. The summed E-state index contributed by atoms with van der Waals surface area (Å²) in [5.41, 5.74) is 7.51. The maximum atomic E-state index is 12.3. The minimum atomic E-state index is -1.15. The van der Waals surface area contributed by atoms with Crippen LogP contribution in [-0.2, 0) is 11.4 Å². The fourth-order valence-electron chi connectivity index (χ4n) is 3.48. The van der Waals surface area contributed by atoms with Crippen molar-refractivity contribution in [3.05, 3.63) is 48.7 Å². The standard InChI is InChI=1S/C21H22N8O2S/c1-12(2)28-11-16(20(22)30)15-9-24-19(7-17(15)28)26-18-5-6-23-21(27-18)13-8-25-29(10-13)32(31)14-3-4-14/h5-12,14H,3-4H2,1-2H3,(H2,22,30)(H,23,24,26,27). The summed E-state index contributed by atoms with van der Waals surface area (Å²) >= 11 is -1.15. The van der Waals surface area contributed by atoms with Gasteiger partial charge in [-0.2, -0.15) is 0 Å². The van der Waals surface area contributed by atoms with Crippen LogP contribution in [0.3, 0.4) is 0 Å². The van der Waals surface area contributed by atoms with E-state index in [0.29, 0.717) is 34.0 Å². The number of hydrogen-bond donors (Lipinski definition) is 2. The third kappa shape index (κ3) is 3.80. The van der Waals surface area contributed by atoms with Gasteiger partial charge in [0.05, 0.1) is 40.4 Å². The molecule has 0 radical (unpaired) electrons. The van der Waals surface area contributed by atoms with E-state index in [0.717, 1.165) is 18.4 Å². The molecule has 4 aromatic rings. The molecule has 1 fully saturated rings. The molecule has 4 heterocycles. The number of carbonyl (C=O) groups is 1. The van der Waals surface area contributed by atoms with Crippen LogP contribution in [0.15, 0.2) is 43.1 Å². The highest BCUT2D eigenvalue weighted by Crippen LogP contribution is 2.30. The van der Waals surface area contributed by atoms with Crippen LogP contribution in [0.1, 0.15) is 43.1 Å². The van der Waals surface area contributed by atoms with Crippen LogP contribution in [0, 0.1) is 0 Å². The second-order valence-electron chi connectivity index (χ2n) is 7.99. The molecule has 3 N–H and O–H groups in total. The zero-order chi connectivity index (χ0) is 22.4. The van der Waals surface area contributed by atoms with E-state index in [-0.39, 0.29) is 11.3 Å². The van der Waals surface area contributed by atoms with Crippen LogP contribution in [0.4, 0.5) is 11.6 Å². The molecule has 10 nitrogen and oxygen atoms in total. The lowest BCUT2D eigenvalue weighted by Gasteiger charge is -2.10. The van der Waals surface area contributed by atoms with Crippen molar-refractivity contribution in [3.63, 3.8) is 0 Å². The Morgan fingerprint density at radius 1 is 1.25 bits per heavy atom. The number of aromatic nitrogens is 6. The second kappa shape index (κ2) is 7.92. The monoisotopic (exact) mass is 450 g/mol. The number of fused-ring (bicyclic) bond motifs is 1. The molecule has 1 aliphatic carbocycles. The first-order valence-corrected chi connectivity index (χ1v) is 11.4. The molecule has 32 heavy (non-hydrogen) atoms. The Balaban J connectivity index is 1.43. The van der Waals surface area contributed by atoms with Gasteiger partial charge < -0.3 is 20.2 Å². The van der Waals surface area contributed by atoms with Crippen molar-refractivity contribution in [2.24, 2.45) is 5.73 Å². The van der Waals surface area contributed by atoms with E-state index in [1.807, 2.05) is 24.5 Å². The SMILES string of the molecule is CC(C)n1cc(C(N)=O)c2cnc(Nc3ccnc(-c4cnn([S+]([O-])C5CC5)c4)n3)cc21. The molecule has 164 valence electrons. The van der Waals surface area contributed by atoms with Crippen molar-refractivity contribution in [1.29, 1.82) is 0 Å². The third-order valence-corrected chi connectivity index (χ3v) is 6.87. The lowest BCUT2D eigenvalue weighted by molar-refractivity contribution is 0.100. The molecule has 1 atom stereocenters. The van der Waals surface area contributed by atoms with E-state index >= 15 is 0 Å². The van der Waals surface area contributed by atoms with Gasteiger partial charge in [-0.25, -0.2) is 15.0 Å². The normalized spacial score (nSPS) is 14.8. The topological polar surface area (TPSA) is 140 Å². The molecule has 1 saturated carbocycles. The van der Waals surface area contributed by atoms with Gasteiger partial charge in [0, 0.05) is 48.9 Å². The van der Waals surface area contributed by atoms with Gasteiger partial charge >= 0.3 is 0 Å². The summed E-state index contributed by atoms with van der Waals surface area (Å²) in [6, 6.07) is 3.74. The maximum Gasteiger partial charge on any atom is 0.250 e. The molecule has 0 aromatic carbocycles. The zero-order valence-corrected chi connectivity index (χ0v) is 18.4. The molecule has 1 amide bonds. The molecular weight excluding hydrogens is 428 g/mol. The summed E-state index contributed by atoms with van der Waals surface area (Å²) in [4.78, 5) is 25.1. The summed E-state index contributed by atoms with van der Waals surface area (Å²) in [5, 5.41) is 8.29. The van der Waals surface area contributed by atoms with Crippen molar-refractivity contribution in [2.75, 3.05) is 5.32 Å². The average Bonchev–Trinajstić information content (AvgIpc) is 3.37. The van der Waals surface area contributed by atoms with Crippen molar-refractivity contribution in [1.82, 2.24) is 28.7 Å². The van der Waals surface area contributed by atoms with Crippen LogP contribution >= 0.6 is 0 Å². The van der Waals surface area contributed by atoms with Crippen LogP contribution in [0.5, 0.6) is 0 Å². The van der Waals surface area contributed by atoms with E-state index in [4.69, 9.17) is 5.73 Å². The molecule has 0 bridgehead atoms. The smallest absolute Gasteiger partial charge is 0.250 e. The van der Waals surface area contributed by atoms with Crippen LogP contribution in [0.2, 0.25) is 0 Å². The maximum absolute atomic E-state index is 12.3. The van der Waals surface area contributed by atoms with Gasteiger partial charge in [0.1, 0.15) is 16.9 Å². The van der Waals surface area contributed by atoms with E-state index in [1.54, 1.807) is 37.1 Å². The van der Waals surface area contributed by atoms with Gasteiger partial charge in [-0.05, 0) is 19.9 Å². The fraction of sp³-hybridized carbons (Fsp3) is 0.286. The average molecular weight is 451 g/mol. The molecule has 11 heteroatoms. The Morgan fingerprint density at radius 2 is 2.06 bits per heavy atom. The number of carbonyl (C=O) groups excluding carboxylic acids is 1. The van der Waals surface area contributed by atoms with E-state index in [9.17, 15) is 9.35 Å². The predicted molar refractivity (Wildman–Crippen MR) is 122 cm³/mol. The van der Waals surface area contributed by atoms with Crippen LogP contribution in [-0.4, -0.2) is 44.4 Å². The number of nitrogens with one attached hydrogen (secondary N) is 1. The Kier molecular flexibility index (Phi) is 5.06. The number of primary amides is 1. The lowest BCUT2D eigenvalue weighted by Crippen LogP contribution is -2.17. The first-order chi connectivity index (χ1) is 15.4. The Labute approximate surface area is 187 Å². The van der Waals surface area contributed by atoms with Crippen molar-refractivity contribution >= 4 is 39.8 Å². The third-order valence-electron chi connectivity index (χ3n) is 5.26. The number of anilines is 2. The highest BCUT2D eigenvalue weighted by molar-refractivity contribution is 7.90. The molecular formula is C21H22N8O2S. The Hall–Kier alpha value is -3.44. The number of rotatable bonds is 7. The molecule has 4 aromatic heterocycles. The second-order valence-corrected chi connectivity index (χ2v) is 9.59. The van der Waals surface area contributed by atoms with Gasteiger partial charge in [0.15, 0.2) is 5.82 Å². The van der Waals surface area contributed by atoms with E-state index in [1.165, 1.54) is 4.09 Å². The minimum absolute atomic E-state index is 0.143. The van der Waals surface area contributed by atoms with Gasteiger partial charge in [0.2, 0.25) is 0 Å². The number of nitrogens with two attached hydrogens (primary N) is 1. The largest absolute Gasteiger partial charge is 0.591 e. The van der Waals surface area contributed by atoms with Gasteiger partial charge in [-0.15, -0.1) is 5.10 Å². The number of nitrogens with zero attached hydrogens (tertiary/aromatic N) is 6. The van der Waals surface area contributed by atoms with Crippen molar-refractivity contribution in [3.8, 4) is 11.4 Å². The first-order valence-electron chi connectivity index (χ1n) is 10.3. The quantitative estimate of drug-likeness (QED) is 0.413. The summed E-state index contributed by atoms with van der Waals surface area (Å²) < 4.78 is 15.8. The Morgan fingerprint density at radius 3 is 2.78 bits per heavy atom. The van der Waals surface area contributed by atoms with Gasteiger partial charge in [-0.3, -0.25) is 4.79 Å². The number of amides is 1. The highest BCUT2D eigenvalue weighted by Gasteiger charge is 2.37. The molecule has 1 unspecified atom stereocenters. The summed E-state index contributed by atoms with van der Waals surface area (Å²) in [6.07, 6.45) is 10.3. The predicted octanol–water partition coefficient (Wildman–Crippen LogP) is 2.79. The van der Waals surface area contributed by atoms with Gasteiger partial charge in [-0.1, -0.05) is 4.09 Å². The zero-order valence-electron chi connectivity index (χ0n) is 17.6. The molecule has 0 aliphatic heterocycles. The number of pyridine rings is 1. The van der Waals surface area contributed by atoms with Crippen LogP contribution in [0.25, 0.3) is 22.3 Å². The molecule has 0 saturated heterocycles. The molecule has 5 rings (SSSR count). The summed E-state index contributed by atoms with van der Waals surface area (Å²) in [5.74, 6) is 1.11. The lowest BCUT2D eigenvalue weighted by atomic mass is 10.2. The van der Waals surface area contributed by atoms with Gasteiger partial charge in [0.25, 0.3) is 5.91 Å². The molecule has 0 spiro atoms. The van der Waals surface area contributed by atoms with E-state index < -0.39 is 17.3 Å². The first kappa shape index (κ1) is 20.5. The van der Waals surface area contributed by atoms with Crippen molar-refractivity contribution in [2.45, 2.75) is 38.0 Å². The Bertz CT molecular complexity index is 1310. The van der Waals surface area contributed by atoms with Crippen LogP contribution < -0.4 is 11.1 Å². The highest BCUT2D eigenvalue weighted by atomic mass is 32.2. The molecule has 1 aliphatic rings. The minimum Gasteiger partial charge on any atom is -0.591 e. The summed E-state index contributed by atoms with van der Waals surface area (Å²) in [6.45, 7) is 4.07. The number of hydrogen-bond acceptors (Lipinski definition) is 7.